The van der Waals surface area contributed by atoms with Gasteiger partial charge in [0.15, 0.2) is 0 Å². The summed E-state index contributed by atoms with van der Waals surface area (Å²) in [5.41, 5.74) is 0.581. The number of Topliss-reactive ketones (excluding diaryl/α,β-unsaturated/α-hetero) is 1. The predicted molar refractivity (Wildman–Crippen MR) is 86.2 cm³/mol. The number of non-ortho nitro benzene ring substituents is 1. The number of nitro benzene ring substituents is 1. The first kappa shape index (κ1) is 16.6. The smallest absolute Gasteiger partial charge is 0.309 e. The molecule has 0 amide bonds. The summed E-state index contributed by atoms with van der Waals surface area (Å²) in [4.78, 5) is 35.0. The fraction of sp³-hybridized carbons (Fsp3) is 0.556. The Bertz CT molecular complexity index is 655. The van der Waals surface area contributed by atoms with E-state index in [9.17, 15) is 19.7 Å². The van der Waals surface area contributed by atoms with Gasteiger partial charge >= 0.3 is 5.97 Å². The molecule has 24 heavy (non-hydrogen) atoms. The Morgan fingerprint density at radius 3 is 2.58 bits per heavy atom. The number of esters is 1. The molecule has 0 radical (unpaired) electrons. The van der Waals surface area contributed by atoms with E-state index in [4.69, 9.17) is 4.74 Å². The summed E-state index contributed by atoms with van der Waals surface area (Å²) < 4.78 is 5.54. The first-order valence-corrected chi connectivity index (χ1v) is 8.44. The van der Waals surface area contributed by atoms with Gasteiger partial charge in [-0.05, 0) is 38.2 Å². The SMILES string of the molecule is C[C@@H](OC(=O)C1C[C@H]2CCC[C@@H](C1)C2=O)c1cccc([N+](=O)[O-])c1. The van der Waals surface area contributed by atoms with Gasteiger partial charge in [-0.15, -0.1) is 0 Å². The van der Waals surface area contributed by atoms with Crippen molar-refractivity contribution < 1.29 is 19.2 Å². The van der Waals surface area contributed by atoms with Crippen LogP contribution in [-0.4, -0.2) is 16.7 Å². The van der Waals surface area contributed by atoms with Crippen LogP contribution in [0.5, 0.6) is 0 Å². The van der Waals surface area contributed by atoms with Crippen LogP contribution in [0, 0.1) is 27.9 Å². The van der Waals surface area contributed by atoms with Gasteiger partial charge in [-0.3, -0.25) is 19.7 Å². The van der Waals surface area contributed by atoms with Crippen molar-refractivity contribution in [3.05, 3.63) is 39.9 Å². The summed E-state index contributed by atoms with van der Waals surface area (Å²) in [6, 6.07) is 6.13. The molecule has 4 atom stereocenters. The molecule has 1 aromatic carbocycles. The van der Waals surface area contributed by atoms with E-state index in [1.165, 1.54) is 12.1 Å². The minimum absolute atomic E-state index is 0.00293. The highest BCUT2D eigenvalue weighted by atomic mass is 16.6. The number of fused-ring (bicyclic) bond motifs is 2. The summed E-state index contributed by atoms with van der Waals surface area (Å²) >= 11 is 0. The number of ether oxygens (including phenoxy) is 1. The highest BCUT2D eigenvalue weighted by Crippen LogP contribution is 2.41. The van der Waals surface area contributed by atoms with E-state index in [2.05, 4.69) is 0 Å². The van der Waals surface area contributed by atoms with E-state index in [1.54, 1.807) is 19.1 Å². The molecule has 128 valence electrons. The van der Waals surface area contributed by atoms with Gasteiger partial charge in [0.05, 0.1) is 10.8 Å². The molecular formula is C18H21NO5. The lowest BCUT2D eigenvalue weighted by Crippen LogP contribution is -2.39. The van der Waals surface area contributed by atoms with E-state index in [1.807, 2.05) is 0 Å². The number of carbonyl (C=O) groups excluding carboxylic acids is 2. The van der Waals surface area contributed by atoms with Crippen molar-refractivity contribution in [1.82, 2.24) is 0 Å². The summed E-state index contributed by atoms with van der Waals surface area (Å²) in [5, 5.41) is 10.9. The van der Waals surface area contributed by atoms with Crippen LogP contribution in [0.3, 0.4) is 0 Å². The van der Waals surface area contributed by atoms with Crippen molar-refractivity contribution in [1.29, 1.82) is 0 Å². The molecule has 2 aliphatic rings. The lowest BCUT2D eigenvalue weighted by Gasteiger charge is -2.36. The van der Waals surface area contributed by atoms with E-state index in [0.717, 1.165) is 19.3 Å². The van der Waals surface area contributed by atoms with Crippen molar-refractivity contribution >= 4 is 17.4 Å². The molecule has 0 spiro atoms. The maximum absolute atomic E-state index is 12.5. The van der Waals surface area contributed by atoms with E-state index < -0.39 is 11.0 Å². The van der Waals surface area contributed by atoms with Gasteiger partial charge in [-0.1, -0.05) is 18.6 Å². The standard InChI is InChI=1S/C18H21NO5/c1-11(12-4-3-7-16(10-12)19(22)23)24-18(21)15-8-13-5-2-6-14(9-15)17(13)20/h3-4,7,10-11,13-15H,2,5-6,8-9H2,1H3/t11-,13-,14+,15?/m1/s1. The Morgan fingerprint density at radius 2 is 1.96 bits per heavy atom. The van der Waals surface area contributed by atoms with E-state index in [-0.39, 0.29) is 29.4 Å². The second-order valence-corrected chi connectivity index (χ2v) is 6.83. The minimum Gasteiger partial charge on any atom is -0.458 e. The van der Waals surface area contributed by atoms with Crippen LogP contribution >= 0.6 is 0 Å². The molecule has 2 saturated carbocycles. The highest BCUT2D eigenvalue weighted by molar-refractivity contribution is 5.87. The molecule has 6 nitrogen and oxygen atoms in total. The summed E-state index contributed by atoms with van der Waals surface area (Å²) in [6.07, 6.45) is 3.42. The van der Waals surface area contributed by atoms with Crippen molar-refractivity contribution in [3.63, 3.8) is 0 Å². The van der Waals surface area contributed by atoms with Crippen LogP contribution in [0.25, 0.3) is 0 Å². The third kappa shape index (κ3) is 3.32. The fourth-order valence-corrected chi connectivity index (χ4v) is 3.90. The Kier molecular flexibility index (Phi) is 4.64. The number of carbonyl (C=O) groups is 2. The summed E-state index contributed by atoms with van der Waals surface area (Å²) in [5.74, 6) is -0.207. The first-order chi connectivity index (χ1) is 11.5. The third-order valence-electron chi connectivity index (χ3n) is 5.22. The zero-order chi connectivity index (χ0) is 17.3. The normalized spacial score (nSPS) is 27.4. The Labute approximate surface area is 140 Å². The second-order valence-electron chi connectivity index (χ2n) is 6.83. The number of ketones is 1. The topological polar surface area (TPSA) is 86.5 Å². The summed E-state index contributed by atoms with van der Waals surface area (Å²) in [6.45, 7) is 1.71. The molecule has 6 heteroatoms. The van der Waals surface area contributed by atoms with Crippen molar-refractivity contribution in [2.45, 2.75) is 45.1 Å². The van der Waals surface area contributed by atoms with Gasteiger partial charge in [0, 0.05) is 24.0 Å². The third-order valence-corrected chi connectivity index (χ3v) is 5.22. The molecule has 2 bridgehead atoms. The molecule has 0 N–H and O–H groups in total. The van der Waals surface area contributed by atoms with Gasteiger partial charge in [0.1, 0.15) is 11.9 Å². The number of benzene rings is 1. The fourth-order valence-electron chi connectivity index (χ4n) is 3.90. The second kappa shape index (κ2) is 6.71. The molecule has 3 rings (SSSR count). The quantitative estimate of drug-likeness (QED) is 0.478. The number of hydrogen-bond acceptors (Lipinski definition) is 5. The summed E-state index contributed by atoms with van der Waals surface area (Å²) in [7, 11) is 0. The number of nitrogens with zero attached hydrogens (tertiary/aromatic N) is 1. The minimum atomic E-state index is -0.546. The molecule has 0 aromatic heterocycles. The van der Waals surface area contributed by atoms with Crippen LogP contribution in [0.4, 0.5) is 5.69 Å². The van der Waals surface area contributed by atoms with Crippen molar-refractivity contribution in [2.24, 2.45) is 17.8 Å². The number of rotatable bonds is 4. The number of hydrogen-bond donors (Lipinski definition) is 0. The van der Waals surface area contributed by atoms with Gasteiger partial charge < -0.3 is 4.74 Å². The monoisotopic (exact) mass is 331 g/mol. The van der Waals surface area contributed by atoms with Gasteiger partial charge in [-0.25, -0.2) is 0 Å². The molecule has 0 aliphatic heterocycles. The molecule has 2 aliphatic carbocycles. The molecular weight excluding hydrogens is 310 g/mol. The highest BCUT2D eigenvalue weighted by Gasteiger charge is 2.42. The first-order valence-electron chi connectivity index (χ1n) is 8.44. The lowest BCUT2D eigenvalue weighted by molar-refractivity contribution is -0.385. The molecule has 1 unspecified atom stereocenters. The average Bonchev–Trinajstić information content (AvgIpc) is 2.54. The molecule has 0 heterocycles. The molecule has 1 aromatic rings. The molecule has 0 saturated heterocycles. The molecule has 2 fully saturated rings. The van der Waals surface area contributed by atoms with Crippen molar-refractivity contribution in [3.8, 4) is 0 Å². The van der Waals surface area contributed by atoms with Crippen LogP contribution in [-0.2, 0) is 14.3 Å². The largest absolute Gasteiger partial charge is 0.458 e. The van der Waals surface area contributed by atoms with E-state index >= 15 is 0 Å². The maximum atomic E-state index is 12.5. The average molecular weight is 331 g/mol. The van der Waals surface area contributed by atoms with Crippen LogP contribution < -0.4 is 0 Å². The van der Waals surface area contributed by atoms with Crippen LogP contribution in [0.1, 0.15) is 50.7 Å². The van der Waals surface area contributed by atoms with Crippen molar-refractivity contribution in [2.75, 3.05) is 0 Å². The maximum Gasteiger partial charge on any atom is 0.309 e. The Balaban J connectivity index is 1.65. The van der Waals surface area contributed by atoms with Crippen LogP contribution in [0.2, 0.25) is 0 Å². The van der Waals surface area contributed by atoms with E-state index in [0.29, 0.717) is 24.2 Å². The lowest BCUT2D eigenvalue weighted by atomic mass is 9.67. The van der Waals surface area contributed by atoms with Gasteiger partial charge in [-0.2, -0.15) is 0 Å². The Morgan fingerprint density at radius 1 is 1.29 bits per heavy atom. The Hall–Kier alpha value is -2.24. The van der Waals surface area contributed by atoms with Crippen LogP contribution in [0.15, 0.2) is 24.3 Å². The zero-order valence-electron chi connectivity index (χ0n) is 13.6. The predicted octanol–water partition coefficient (Wildman–Crippen LogP) is 3.59. The van der Waals surface area contributed by atoms with Gasteiger partial charge in [0.25, 0.3) is 5.69 Å². The number of nitro groups is 1. The van der Waals surface area contributed by atoms with Gasteiger partial charge in [0.2, 0.25) is 0 Å². The zero-order valence-corrected chi connectivity index (χ0v) is 13.6.